The third-order valence-electron chi connectivity index (χ3n) is 2.51. The summed E-state index contributed by atoms with van der Waals surface area (Å²) in [6, 6.07) is 5.32. The maximum Gasteiger partial charge on any atom is 0.257 e. The van der Waals surface area contributed by atoms with Crippen LogP contribution < -0.4 is 10.6 Å². The van der Waals surface area contributed by atoms with E-state index in [1.54, 1.807) is 0 Å². The summed E-state index contributed by atoms with van der Waals surface area (Å²) < 4.78 is 14.6. The Morgan fingerprint density at radius 1 is 1.48 bits per heavy atom. The van der Waals surface area contributed by atoms with Gasteiger partial charge in [0.15, 0.2) is 5.11 Å². The molecular weight excluding hydrogens is 295 g/mol. The predicted octanol–water partition coefficient (Wildman–Crippen LogP) is 1.35. The number of benzene rings is 1. The van der Waals surface area contributed by atoms with Gasteiger partial charge in [-0.1, -0.05) is 18.1 Å². The van der Waals surface area contributed by atoms with Crippen molar-refractivity contribution in [1.29, 1.82) is 0 Å². The Labute approximate surface area is 125 Å². The molecule has 0 saturated heterocycles. The van der Waals surface area contributed by atoms with Crippen LogP contribution in [-0.2, 0) is 6.54 Å². The van der Waals surface area contributed by atoms with E-state index in [1.807, 2.05) is 6.92 Å². The topological polar surface area (TPSA) is 84.7 Å². The SMILES string of the molecule is CCCn1nnnc1NC(=S)NC(=O)c1cccc(F)c1. The van der Waals surface area contributed by atoms with E-state index in [0.717, 1.165) is 12.5 Å². The maximum atomic E-state index is 13.0. The summed E-state index contributed by atoms with van der Waals surface area (Å²) in [4.78, 5) is 11.9. The van der Waals surface area contributed by atoms with Gasteiger partial charge in [0.1, 0.15) is 5.82 Å². The molecule has 1 heterocycles. The molecule has 0 saturated carbocycles. The van der Waals surface area contributed by atoms with Crippen molar-refractivity contribution < 1.29 is 9.18 Å². The molecule has 110 valence electrons. The van der Waals surface area contributed by atoms with Gasteiger partial charge in [0.2, 0.25) is 5.95 Å². The smallest absolute Gasteiger partial charge is 0.257 e. The highest BCUT2D eigenvalue weighted by Crippen LogP contribution is 2.04. The monoisotopic (exact) mass is 308 g/mol. The van der Waals surface area contributed by atoms with Gasteiger partial charge in [0, 0.05) is 12.1 Å². The number of thiocarbonyl (C=S) groups is 1. The molecule has 0 radical (unpaired) electrons. The van der Waals surface area contributed by atoms with Crippen LogP contribution in [0.25, 0.3) is 0 Å². The zero-order chi connectivity index (χ0) is 15.2. The number of carbonyl (C=O) groups is 1. The van der Waals surface area contributed by atoms with E-state index in [1.165, 1.54) is 22.9 Å². The van der Waals surface area contributed by atoms with E-state index < -0.39 is 11.7 Å². The summed E-state index contributed by atoms with van der Waals surface area (Å²) in [5.41, 5.74) is 0.173. The molecular formula is C12H13FN6OS. The number of halogens is 1. The van der Waals surface area contributed by atoms with Crippen molar-refractivity contribution >= 4 is 29.2 Å². The molecule has 0 spiro atoms. The quantitative estimate of drug-likeness (QED) is 0.829. The van der Waals surface area contributed by atoms with Crippen molar-refractivity contribution in [3.05, 3.63) is 35.6 Å². The summed E-state index contributed by atoms with van der Waals surface area (Å²) in [5.74, 6) is -0.670. The molecule has 0 unspecified atom stereocenters. The molecule has 1 amide bonds. The van der Waals surface area contributed by atoms with E-state index in [9.17, 15) is 9.18 Å². The van der Waals surface area contributed by atoms with Crippen LogP contribution in [0.15, 0.2) is 24.3 Å². The molecule has 21 heavy (non-hydrogen) atoms. The van der Waals surface area contributed by atoms with Crippen LogP contribution in [0.3, 0.4) is 0 Å². The van der Waals surface area contributed by atoms with Crippen LogP contribution in [0.2, 0.25) is 0 Å². The standard InChI is InChI=1S/C12H13FN6OS/c1-2-6-19-11(16-17-18-19)15-12(21)14-10(20)8-4-3-5-9(13)7-8/h3-5,7H,2,6H2,1H3,(H2,14,15,16,18,20,21). The van der Waals surface area contributed by atoms with Crippen molar-refractivity contribution in [2.75, 3.05) is 5.32 Å². The second kappa shape index (κ2) is 6.84. The van der Waals surface area contributed by atoms with Crippen LogP contribution in [0, 0.1) is 5.82 Å². The number of aromatic nitrogens is 4. The molecule has 2 N–H and O–H groups in total. The fourth-order valence-electron chi connectivity index (χ4n) is 1.59. The number of anilines is 1. The average Bonchev–Trinajstić information content (AvgIpc) is 2.86. The zero-order valence-electron chi connectivity index (χ0n) is 11.2. The van der Waals surface area contributed by atoms with Gasteiger partial charge >= 0.3 is 0 Å². The second-order valence-corrected chi connectivity index (χ2v) is 4.55. The van der Waals surface area contributed by atoms with Crippen molar-refractivity contribution in [1.82, 2.24) is 25.5 Å². The first-order chi connectivity index (χ1) is 10.1. The molecule has 0 fully saturated rings. The number of hydrogen-bond donors (Lipinski definition) is 2. The number of amides is 1. The number of rotatable bonds is 4. The van der Waals surface area contributed by atoms with E-state index in [-0.39, 0.29) is 10.7 Å². The fourth-order valence-corrected chi connectivity index (χ4v) is 1.78. The van der Waals surface area contributed by atoms with Crippen molar-refractivity contribution in [2.45, 2.75) is 19.9 Å². The maximum absolute atomic E-state index is 13.0. The Morgan fingerprint density at radius 3 is 3.00 bits per heavy atom. The lowest BCUT2D eigenvalue weighted by atomic mass is 10.2. The van der Waals surface area contributed by atoms with Gasteiger partial charge in [0.05, 0.1) is 0 Å². The Morgan fingerprint density at radius 2 is 2.29 bits per heavy atom. The third kappa shape index (κ3) is 4.02. The molecule has 0 aliphatic rings. The van der Waals surface area contributed by atoms with Crippen LogP contribution in [0.5, 0.6) is 0 Å². The van der Waals surface area contributed by atoms with Crippen molar-refractivity contribution in [3.63, 3.8) is 0 Å². The molecule has 0 atom stereocenters. The molecule has 7 nitrogen and oxygen atoms in total. The minimum atomic E-state index is -0.512. The minimum Gasteiger partial charge on any atom is -0.300 e. The lowest BCUT2D eigenvalue weighted by Crippen LogP contribution is -2.35. The van der Waals surface area contributed by atoms with Gasteiger partial charge in [-0.3, -0.25) is 15.4 Å². The average molecular weight is 308 g/mol. The minimum absolute atomic E-state index is 0.0383. The number of nitrogens with zero attached hydrogens (tertiary/aromatic N) is 4. The molecule has 1 aromatic carbocycles. The van der Waals surface area contributed by atoms with E-state index in [2.05, 4.69) is 26.2 Å². The first kappa shape index (κ1) is 15.0. The number of hydrogen-bond acceptors (Lipinski definition) is 5. The Balaban J connectivity index is 1.98. The molecule has 0 aliphatic carbocycles. The van der Waals surface area contributed by atoms with Crippen LogP contribution in [0.4, 0.5) is 10.3 Å². The zero-order valence-corrected chi connectivity index (χ0v) is 12.0. The highest BCUT2D eigenvalue weighted by Gasteiger charge is 2.11. The Hall–Kier alpha value is -2.42. The summed E-state index contributed by atoms with van der Waals surface area (Å²) in [7, 11) is 0. The van der Waals surface area contributed by atoms with E-state index in [4.69, 9.17) is 12.2 Å². The van der Waals surface area contributed by atoms with Crippen molar-refractivity contribution in [2.24, 2.45) is 0 Å². The summed E-state index contributed by atoms with van der Waals surface area (Å²) in [6.07, 6.45) is 0.849. The van der Waals surface area contributed by atoms with Gasteiger partial charge in [-0.25, -0.2) is 9.07 Å². The van der Waals surface area contributed by atoms with Gasteiger partial charge < -0.3 is 0 Å². The Bertz CT molecular complexity index is 659. The molecule has 2 rings (SSSR count). The van der Waals surface area contributed by atoms with Crippen LogP contribution in [0.1, 0.15) is 23.7 Å². The van der Waals surface area contributed by atoms with Gasteiger partial charge in [0.25, 0.3) is 5.91 Å². The lowest BCUT2D eigenvalue weighted by Gasteiger charge is -2.09. The van der Waals surface area contributed by atoms with Gasteiger partial charge in [-0.05, 0) is 47.3 Å². The van der Waals surface area contributed by atoms with E-state index >= 15 is 0 Å². The lowest BCUT2D eigenvalue weighted by molar-refractivity contribution is 0.0977. The summed E-state index contributed by atoms with van der Waals surface area (Å²) in [5, 5.41) is 16.3. The first-order valence-electron chi connectivity index (χ1n) is 6.24. The first-order valence-corrected chi connectivity index (χ1v) is 6.65. The Kier molecular flexibility index (Phi) is 4.88. The molecule has 1 aromatic heterocycles. The number of aryl methyl sites for hydroxylation is 1. The predicted molar refractivity (Wildman–Crippen MR) is 78.2 cm³/mol. The van der Waals surface area contributed by atoms with E-state index in [0.29, 0.717) is 12.5 Å². The highest BCUT2D eigenvalue weighted by molar-refractivity contribution is 7.80. The summed E-state index contributed by atoms with van der Waals surface area (Å²) in [6.45, 7) is 2.60. The fraction of sp³-hybridized carbons (Fsp3) is 0.250. The highest BCUT2D eigenvalue weighted by atomic mass is 32.1. The van der Waals surface area contributed by atoms with Crippen molar-refractivity contribution in [3.8, 4) is 0 Å². The molecule has 0 aliphatic heterocycles. The van der Waals surface area contributed by atoms with Crippen LogP contribution in [-0.4, -0.2) is 31.2 Å². The normalized spacial score (nSPS) is 10.2. The van der Waals surface area contributed by atoms with Gasteiger partial charge in [-0.2, -0.15) is 0 Å². The van der Waals surface area contributed by atoms with Crippen LogP contribution >= 0.6 is 12.2 Å². The summed E-state index contributed by atoms with van der Waals surface area (Å²) >= 11 is 5.01. The van der Waals surface area contributed by atoms with Gasteiger partial charge in [-0.15, -0.1) is 0 Å². The molecule has 9 heteroatoms. The largest absolute Gasteiger partial charge is 0.300 e. The number of tetrazole rings is 1. The number of carbonyl (C=O) groups excluding carboxylic acids is 1. The second-order valence-electron chi connectivity index (χ2n) is 4.14. The number of nitrogens with one attached hydrogen (secondary N) is 2. The molecule has 2 aromatic rings. The third-order valence-corrected chi connectivity index (χ3v) is 2.71. The molecule has 0 bridgehead atoms.